The zero-order valence-electron chi connectivity index (χ0n) is 16.7. The molecule has 0 spiro atoms. The molecule has 3 rings (SSSR count). The van der Waals surface area contributed by atoms with Crippen LogP contribution in [-0.2, 0) is 4.79 Å². The Labute approximate surface area is 165 Å². The number of methoxy groups -OCH3 is 2. The van der Waals surface area contributed by atoms with Gasteiger partial charge in [0.25, 0.3) is 0 Å². The maximum atomic E-state index is 12.2. The van der Waals surface area contributed by atoms with E-state index < -0.39 is 0 Å². The van der Waals surface area contributed by atoms with E-state index in [0.717, 1.165) is 50.9 Å². The molecule has 152 valence electrons. The summed E-state index contributed by atoms with van der Waals surface area (Å²) in [5.74, 6) is 1.97. The largest absolute Gasteiger partial charge is 0.493 e. The molecule has 1 fully saturated rings. The second-order valence-electron chi connectivity index (χ2n) is 6.88. The predicted octanol–water partition coefficient (Wildman–Crippen LogP) is 2.89. The highest BCUT2D eigenvalue weighted by Gasteiger charge is 2.27. The second-order valence-corrected chi connectivity index (χ2v) is 6.88. The zero-order chi connectivity index (χ0) is 19.9. The van der Waals surface area contributed by atoms with Crippen molar-refractivity contribution in [3.63, 3.8) is 0 Å². The lowest BCUT2D eigenvalue weighted by Gasteiger charge is -2.29. The monoisotopic (exact) mass is 388 g/mol. The fourth-order valence-electron chi connectivity index (χ4n) is 3.30. The van der Waals surface area contributed by atoms with Crippen LogP contribution in [0.2, 0.25) is 0 Å². The molecule has 1 saturated heterocycles. The number of aromatic nitrogens is 2. The van der Waals surface area contributed by atoms with Crippen LogP contribution >= 0.6 is 0 Å². The minimum Gasteiger partial charge on any atom is -0.493 e. The fraction of sp³-hybridized carbons (Fsp3) is 0.550. The van der Waals surface area contributed by atoms with Gasteiger partial charge in [-0.05, 0) is 37.5 Å². The van der Waals surface area contributed by atoms with Gasteiger partial charge < -0.3 is 24.2 Å². The topological polar surface area (TPSA) is 89.7 Å². The number of carbonyl (C=O) groups is 1. The van der Waals surface area contributed by atoms with Gasteiger partial charge in [0.05, 0.1) is 14.2 Å². The highest BCUT2D eigenvalue weighted by molar-refractivity contribution is 5.78. The molecule has 0 saturated carbocycles. The van der Waals surface area contributed by atoms with Gasteiger partial charge in [0.2, 0.25) is 11.7 Å². The van der Waals surface area contributed by atoms with E-state index in [0.29, 0.717) is 23.3 Å². The third kappa shape index (κ3) is 4.55. The molecular formula is C20H28N4O4. The molecule has 8 nitrogen and oxygen atoms in total. The van der Waals surface area contributed by atoms with Gasteiger partial charge in [0.15, 0.2) is 11.5 Å². The molecular weight excluding hydrogens is 360 g/mol. The molecule has 0 bridgehead atoms. The molecule has 0 unspecified atom stereocenters. The summed E-state index contributed by atoms with van der Waals surface area (Å²) in [5, 5.41) is 7.12. The standard InChI is InChI=1S/C20H28N4O4/c1-4-5-10-21-19(25)14-8-11-24(12-9-14)20-22-18(23-28-20)15-6-7-16(26-2)17(13-15)27-3/h6-7,13-14H,4-5,8-12H2,1-3H3,(H,21,25). The van der Waals surface area contributed by atoms with Crippen molar-refractivity contribution < 1.29 is 18.8 Å². The second kappa shape index (κ2) is 9.43. The lowest BCUT2D eigenvalue weighted by Crippen LogP contribution is -2.40. The van der Waals surface area contributed by atoms with Crippen LogP contribution in [0.5, 0.6) is 11.5 Å². The van der Waals surface area contributed by atoms with E-state index in [1.54, 1.807) is 14.2 Å². The molecule has 0 aliphatic carbocycles. The van der Waals surface area contributed by atoms with E-state index in [4.69, 9.17) is 14.0 Å². The summed E-state index contributed by atoms with van der Waals surface area (Å²) >= 11 is 0. The molecule has 1 aliphatic rings. The first-order valence-electron chi connectivity index (χ1n) is 9.75. The third-order valence-corrected chi connectivity index (χ3v) is 5.02. The van der Waals surface area contributed by atoms with Crippen LogP contribution in [-0.4, -0.2) is 49.9 Å². The predicted molar refractivity (Wildman–Crippen MR) is 106 cm³/mol. The molecule has 1 N–H and O–H groups in total. The van der Waals surface area contributed by atoms with Gasteiger partial charge >= 0.3 is 6.01 Å². The van der Waals surface area contributed by atoms with Crippen LogP contribution in [0.3, 0.4) is 0 Å². The molecule has 0 radical (unpaired) electrons. The summed E-state index contributed by atoms with van der Waals surface area (Å²) in [6, 6.07) is 5.98. The molecule has 1 aromatic carbocycles. The number of nitrogens with zero attached hydrogens (tertiary/aromatic N) is 3. The summed E-state index contributed by atoms with van der Waals surface area (Å²) in [6.45, 7) is 4.32. The van der Waals surface area contributed by atoms with Crippen LogP contribution in [0.4, 0.5) is 6.01 Å². The van der Waals surface area contributed by atoms with Crippen LogP contribution in [0.25, 0.3) is 11.4 Å². The lowest BCUT2D eigenvalue weighted by molar-refractivity contribution is -0.125. The number of hydrogen-bond acceptors (Lipinski definition) is 7. The number of benzene rings is 1. The van der Waals surface area contributed by atoms with E-state index in [2.05, 4.69) is 22.4 Å². The highest BCUT2D eigenvalue weighted by Crippen LogP contribution is 2.32. The molecule has 2 aromatic rings. The van der Waals surface area contributed by atoms with Crippen LogP contribution in [0.1, 0.15) is 32.6 Å². The smallest absolute Gasteiger partial charge is 0.324 e. The maximum Gasteiger partial charge on any atom is 0.324 e. The number of nitrogens with one attached hydrogen (secondary N) is 1. The third-order valence-electron chi connectivity index (χ3n) is 5.02. The number of carbonyl (C=O) groups excluding carboxylic acids is 1. The minimum absolute atomic E-state index is 0.0568. The van der Waals surface area contributed by atoms with E-state index in [9.17, 15) is 4.79 Å². The molecule has 8 heteroatoms. The van der Waals surface area contributed by atoms with Gasteiger partial charge in [0, 0.05) is 31.1 Å². The summed E-state index contributed by atoms with van der Waals surface area (Å²) in [7, 11) is 3.18. The average molecular weight is 388 g/mol. The summed E-state index contributed by atoms with van der Waals surface area (Å²) in [5.41, 5.74) is 0.790. The Morgan fingerprint density at radius 3 is 2.68 bits per heavy atom. The number of unbranched alkanes of at least 4 members (excludes halogenated alkanes) is 1. The van der Waals surface area contributed by atoms with E-state index in [1.165, 1.54) is 0 Å². The van der Waals surface area contributed by atoms with Crippen molar-refractivity contribution >= 4 is 11.9 Å². The Hall–Kier alpha value is -2.77. The van der Waals surface area contributed by atoms with Crippen LogP contribution in [0, 0.1) is 5.92 Å². The maximum absolute atomic E-state index is 12.2. The van der Waals surface area contributed by atoms with E-state index in [1.807, 2.05) is 23.1 Å². The van der Waals surface area contributed by atoms with Crippen molar-refractivity contribution in [1.82, 2.24) is 15.5 Å². The first-order chi connectivity index (χ1) is 13.7. The Bertz CT molecular complexity index is 784. The molecule has 1 aliphatic heterocycles. The van der Waals surface area contributed by atoms with Crippen molar-refractivity contribution in [3.05, 3.63) is 18.2 Å². The Balaban J connectivity index is 1.60. The number of rotatable bonds is 8. The number of hydrogen-bond donors (Lipinski definition) is 1. The quantitative estimate of drug-likeness (QED) is 0.696. The van der Waals surface area contributed by atoms with Gasteiger partial charge in [-0.15, -0.1) is 0 Å². The highest BCUT2D eigenvalue weighted by atomic mass is 16.5. The van der Waals surface area contributed by atoms with Crippen molar-refractivity contribution in [3.8, 4) is 22.9 Å². The normalized spacial score (nSPS) is 14.8. The first kappa shape index (κ1) is 20.0. The number of amides is 1. The minimum atomic E-state index is 0.0568. The molecule has 1 aromatic heterocycles. The van der Waals surface area contributed by atoms with Crippen LogP contribution < -0.4 is 19.7 Å². The van der Waals surface area contributed by atoms with Gasteiger partial charge in [-0.25, -0.2) is 0 Å². The molecule has 28 heavy (non-hydrogen) atoms. The first-order valence-corrected chi connectivity index (χ1v) is 9.75. The number of anilines is 1. The van der Waals surface area contributed by atoms with Crippen molar-refractivity contribution in [1.29, 1.82) is 0 Å². The van der Waals surface area contributed by atoms with E-state index >= 15 is 0 Å². The molecule has 1 amide bonds. The fourth-order valence-corrected chi connectivity index (χ4v) is 3.30. The van der Waals surface area contributed by atoms with Gasteiger partial charge in [-0.3, -0.25) is 4.79 Å². The zero-order valence-corrected chi connectivity index (χ0v) is 16.7. The number of piperidine rings is 1. The Kier molecular flexibility index (Phi) is 6.73. The van der Waals surface area contributed by atoms with Gasteiger partial charge in [0.1, 0.15) is 0 Å². The SMILES string of the molecule is CCCCNC(=O)C1CCN(c2nc(-c3ccc(OC)c(OC)c3)no2)CC1. The Morgan fingerprint density at radius 1 is 1.25 bits per heavy atom. The summed E-state index contributed by atoms with van der Waals surface area (Å²) < 4.78 is 16.0. The molecule has 2 heterocycles. The van der Waals surface area contributed by atoms with E-state index in [-0.39, 0.29) is 11.8 Å². The Morgan fingerprint density at radius 2 is 2.00 bits per heavy atom. The van der Waals surface area contributed by atoms with Crippen LogP contribution in [0.15, 0.2) is 22.7 Å². The number of ether oxygens (including phenoxy) is 2. The average Bonchev–Trinajstić information content (AvgIpc) is 3.23. The lowest BCUT2D eigenvalue weighted by atomic mass is 9.96. The van der Waals surface area contributed by atoms with Crippen molar-refractivity contribution in [2.45, 2.75) is 32.6 Å². The summed E-state index contributed by atoms with van der Waals surface area (Å²) in [6.07, 6.45) is 3.67. The summed E-state index contributed by atoms with van der Waals surface area (Å²) in [4.78, 5) is 18.8. The van der Waals surface area contributed by atoms with Gasteiger partial charge in [-0.2, -0.15) is 4.98 Å². The molecule has 0 atom stereocenters. The van der Waals surface area contributed by atoms with Crippen molar-refractivity contribution in [2.75, 3.05) is 38.8 Å². The van der Waals surface area contributed by atoms with Gasteiger partial charge in [-0.1, -0.05) is 18.5 Å². The van der Waals surface area contributed by atoms with Crippen molar-refractivity contribution in [2.24, 2.45) is 5.92 Å².